The maximum Gasteiger partial charge on any atom is 0.416 e. The maximum absolute atomic E-state index is 12.8. The first kappa shape index (κ1) is 19.9. The predicted molar refractivity (Wildman–Crippen MR) is 92.8 cm³/mol. The molecule has 150 valence electrons. The summed E-state index contributed by atoms with van der Waals surface area (Å²) in [5.41, 5.74) is -0.400. The summed E-state index contributed by atoms with van der Waals surface area (Å²) in [5, 5.41) is 13.2. The Kier molecular flexibility index (Phi) is 5.41. The second-order valence-corrected chi connectivity index (χ2v) is 6.64. The smallest absolute Gasteiger partial charge is 0.416 e. The van der Waals surface area contributed by atoms with E-state index in [2.05, 4.69) is 5.10 Å². The highest BCUT2D eigenvalue weighted by atomic mass is 19.4. The highest BCUT2D eigenvalue weighted by Crippen LogP contribution is 2.29. The van der Waals surface area contributed by atoms with E-state index in [1.54, 1.807) is 6.07 Å². The Bertz CT molecular complexity index is 886. The van der Waals surface area contributed by atoms with Crippen LogP contribution in [0.25, 0.3) is 0 Å². The van der Waals surface area contributed by atoms with Crippen molar-refractivity contribution in [2.24, 2.45) is 7.05 Å². The van der Waals surface area contributed by atoms with E-state index in [1.807, 2.05) is 4.90 Å². The quantitative estimate of drug-likeness (QED) is 0.856. The lowest BCUT2D eigenvalue weighted by molar-refractivity contribution is -0.137. The summed E-state index contributed by atoms with van der Waals surface area (Å²) < 4.78 is 39.8. The summed E-state index contributed by atoms with van der Waals surface area (Å²) >= 11 is 0. The zero-order chi connectivity index (χ0) is 20.5. The molecule has 0 unspecified atom stereocenters. The summed E-state index contributed by atoms with van der Waals surface area (Å²) in [6.07, 6.45) is -3.11. The summed E-state index contributed by atoms with van der Waals surface area (Å²) in [6, 6.07) is 5.18. The Morgan fingerprint density at radius 2 is 1.86 bits per heavy atom. The van der Waals surface area contributed by atoms with Gasteiger partial charge in [-0.3, -0.25) is 14.4 Å². The molecule has 1 aromatic carbocycles. The molecular formula is C18H19F3N4O3. The number of halogens is 3. The monoisotopic (exact) mass is 396 g/mol. The number of carbonyl (C=O) groups is 2. The van der Waals surface area contributed by atoms with Crippen LogP contribution in [0.2, 0.25) is 0 Å². The number of rotatable bonds is 4. The molecule has 0 spiro atoms. The molecule has 1 fully saturated rings. The average Bonchev–Trinajstić information content (AvgIpc) is 3.03. The van der Waals surface area contributed by atoms with Gasteiger partial charge in [-0.15, -0.1) is 0 Å². The number of aryl methyl sites for hydroxylation is 1. The number of nitrogens with zero attached hydrogens (tertiary/aromatic N) is 4. The molecular weight excluding hydrogens is 377 g/mol. The molecule has 28 heavy (non-hydrogen) atoms. The minimum Gasteiger partial charge on any atom is -0.478 e. The molecule has 1 saturated heterocycles. The van der Waals surface area contributed by atoms with Crippen molar-refractivity contribution < 1.29 is 27.9 Å². The molecule has 0 radical (unpaired) electrons. The summed E-state index contributed by atoms with van der Waals surface area (Å²) in [7, 11) is 1.54. The number of aromatic nitrogens is 2. The summed E-state index contributed by atoms with van der Waals surface area (Å²) in [4.78, 5) is 27.3. The van der Waals surface area contributed by atoms with Gasteiger partial charge in [0.2, 0.25) is 0 Å². The maximum atomic E-state index is 12.8. The van der Waals surface area contributed by atoms with Gasteiger partial charge in [0.05, 0.1) is 5.56 Å². The van der Waals surface area contributed by atoms with Crippen LogP contribution in [-0.2, 0) is 19.8 Å². The minimum atomic E-state index is -4.38. The van der Waals surface area contributed by atoms with E-state index in [0.29, 0.717) is 38.3 Å². The van der Waals surface area contributed by atoms with Gasteiger partial charge in [-0.2, -0.15) is 18.3 Å². The van der Waals surface area contributed by atoms with Crippen molar-refractivity contribution in [3.05, 3.63) is 52.8 Å². The SMILES string of the molecule is Cn1cc(C(=O)O)c(C(=O)N2CCN(Cc3cccc(C(F)(F)F)c3)CC2)n1. The van der Waals surface area contributed by atoms with Gasteiger partial charge in [-0.05, 0) is 11.6 Å². The zero-order valence-electron chi connectivity index (χ0n) is 15.1. The lowest BCUT2D eigenvalue weighted by Crippen LogP contribution is -2.48. The number of piperazine rings is 1. The van der Waals surface area contributed by atoms with E-state index in [4.69, 9.17) is 0 Å². The fourth-order valence-corrected chi connectivity index (χ4v) is 3.17. The first-order valence-corrected chi connectivity index (χ1v) is 8.60. The van der Waals surface area contributed by atoms with Crippen molar-refractivity contribution in [3.63, 3.8) is 0 Å². The van der Waals surface area contributed by atoms with Gasteiger partial charge in [-0.25, -0.2) is 4.79 Å². The van der Waals surface area contributed by atoms with Gasteiger partial charge in [0.25, 0.3) is 5.91 Å². The normalized spacial score (nSPS) is 15.6. The van der Waals surface area contributed by atoms with Crippen molar-refractivity contribution in [1.29, 1.82) is 0 Å². The second kappa shape index (κ2) is 7.63. The molecule has 1 amide bonds. The highest BCUT2D eigenvalue weighted by Gasteiger charge is 2.31. The number of carbonyl (C=O) groups excluding carboxylic acids is 1. The number of benzene rings is 1. The number of carboxylic acids is 1. The lowest BCUT2D eigenvalue weighted by Gasteiger charge is -2.34. The minimum absolute atomic E-state index is 0.110. The molecule has 0 saturated carbocycles. The molecule has 1 N–H and O–H groups in total. The Balaban J connectivity index is 1.62. The van der Waals surface area contributed by atoms with Gasteiger partial charge in [0.1, 0.15) is 5.56 Å². The van der Waals surface area contributed by atoms with E-state index >= 15 is 0 Å². The number of hydrogen-bond donors (Lipinski definition) is 1. The molecule has 10 heteroatoms. The molecule has 0 atom stereocenters. The van der Waals surface area contributed by atoms with Crippen LogP contribution >= 0.6 is 0 Å². The molecule has 0 bridgehead atoms. The van der Waals surface area contributed by atoms with Crippen LogP contribution in [0.3, 0.4) is 0 Å². The van der Waals surface area contributed by atoms with Crippen molar-refractivity contribution in [1.82, 2.24) is 19.6 Å². The molecule has 2 aromatic rings. The van der Waals surface area contributed by atoms with Gasteiger partial charge < -0.3 is 10.0 Å². The third-order valence-corrected chi connectivity index (χ3v) is 4.58. The second-order valence-electron chi connectivity index (χ2n) is 6.64. The Hall–Kier alpha value is -2.88. The van der Waals surface area contributed by atoms with Gasteiger partial charge in [-0.1, -0.05) is 18.2 Å². The topological polar surface area (TPSA) is 78.7 Å². The predicted octanol–water partition coefficient (Wildman–Crippen LogP) is 2.10. The first-order chi connectivity index (χ1) is 13.1. The van der Waals surface area contributed by atoms with Crippen molar-refractivity contribution >= 4 is 11.9 Å². The number of alkyl halides is 3. The summed E-state index contributed by atoms with van der Waals surface area (Å²) in [6.45, 7) is 1.96. The largest absolute Gasteiger partial charge is 0.478 e. The van der Waals surface area contributed by atoms with Crippen LogP contribution in [0.5, 0.6) is 0 Å². The van der Waals surface area contributed by atoms with Crippen molar-refractivity contribution in [2.45, 2.75) is 12.7 Å². The molecule has 0 aliphatic carbocycles. The molecule has 1 aliphatic rings. The number of carboxylic acid groups (broad SMARTS) is 1. The third-order valence-electron chi connectivity index (χ3n) is 4.58. The van der Waals surface area contributed by atoms with Crippen LogP contribution < -0.4 is 0 Å². The third kappa shape index (κ3) is 4.33. The van der Waals surface area contributed by atoms with E-state index in [0.717, 1.165) is 12.1 Å². The van der Waals surface area contributed by atoms with Crippen LogP contribution in [0.1, 0.15) is 32.0 Å². The van der Waals surface area contributed by atoms with Gasteiger partial charge in [0.15, 0.2) is 5.69 Å². The van der Waals surface area contributed by atoms with E-state index in [9.17, 15) is 27.9 Å². The van der Waals surface area contributed by atoms with Crippen molar-refractivity contribution in [3.8, 4) is 0 Å². The fourth-order valence-electron chi connectivity index (χ4n) is 3.17. The summed E-state index contributed by atoms with van der Waals surface area (Å²) in [5.74, 6) is -1.68. The molecule has 7 nitrogen and oxygen atoms in total. The van der Waals surface area contributed by atoms with E-state index in [1.165, 1.54) is 28.9 Å². The first-order valence-electron chi connectivity index (χ1n) is 8.60. The average molecular weight is 396 g/mol. The molecule has 1 aromatic heterocycles. The molecule has 3 rings (SSSR count). The van der Waals surface area contributed by atoms with Crippen LogP contribution in [0.4, 0.5) is 13.2 Å². The fraction of sp³-hybridized carbons (Fsp3) is 0.389. The molecule has 2 heterocycles. The molecule has 1 aliphatic heterocycles. The standard InChI is InChI=1S/C18H19F3N4O3/c1-23-11-14(17(27)28)15(22-23)16(26)25-7-5-24(6-8-25)10-12-3-2-4-13(9-12)18(19,20)21/h2-4,9,11H,5-8,10H2,1H3,(H,27,28). The van der Waals surface area contributed by atoms with E-state index in [-0.39, 0.29) is 11.3 Å². The zero-order valence-corrected chi connectivity index (χ0v) is 15.1. The Morgan fingerprint density at radius 3 is 2.46 bits per heavy atom. The highest BCUT2D eigenvalue weighted by molar-refractivity contribution is 6.03. The number of aromatic carboxylic acids is 1. The van der Waals surface area contributed by atoms with Gasteiger partial charge >= 0.3 is 12.1 Å². The Morgan fingerprint density at radius 1 is 1.18 bits per heavy atom. The van der Waals surface area contributed by atoms with Crippen LogP contribution in [0, 0.1) is 0 Å². The van der Waals surface area contributed by atoms with E-state index < -0.39 is 23.6 Å². The lowest BCUT2D eigenvalue weighted by atomic mass is 10.1. The van der Waals surface area contributed by atoms with Crippen molar-refractivity contribution in [2.75, 3.05) is 26.2 Å². The van der Waals surface area contributed by atoms with Crippen LogP contribution in [-0.4, -0.2) is 62.7 Å². The Labute approximate surface area is 159 Å². The van der Waals surface area contributed by atoms with Crippen LogP contribution in [0.15, 0.2) is 30.5 Å². The number of amides is 1. The van der Waals surface area contributed by atoms with Gasteiger partial charge in [0, 0.05) is 46.0 Å². The number of hydrogen-bond acceptors (Lipinski definition) is 4.